The second-order valence-corrected chi connectivity index (χ2v) is 4.08. The molecule has 0 saturated carbocycles. The van der Waals surface area contributed by atoms with Gasteiger partial charge in [0.25, 0.3) is 0 Å². The van der Waals surface area contributed by atoms with E-state index in [0.29, 0.717) is 6.61 Å². The lowest BCUT2D eigenvalue weighted by molar-refractivity contribution is -0.151. The summed E-state index contributed by atoms with van der Waals surface area (Å²) >= 11 is 0. The summed E-state index contributed by atoms with van der Waals surface area (Å²) in [5, 5.41) is 9.71. The van der Waals surface area contributed by atoms with Crippen LogP contribution in [0, 0.1) is 0 Å². The predicted molar refractivity (Wildman–Crippen MR) is 50.4 cm³/mol. The van der Waals surface area contributed by atoms with Crippen molar-refractivity contribution in [3.63, 3.8) is 0 Å². The zero-order valence-electron chi connectivity index (χ0n) is 8.75. The summed E-state index contributed by atoms with van der Waals surface area (Å²) in [6, 6.07) is 0. The maximum Gasteiger partial charge on any atom is 0.163 e. The van der Waals surface area contributed by atoms with Gasteiger partial charge in [-0.15, -0.1) is 0 Å². The summed E-state index contributed by atoms with van der Waals surface area (Å²) in [6.07, 6.45) is 2.44. The molecule has 0 aromatic rings. The largest absolute Gasteiger partial charge is 0.390 e. The van der Waals surface area contributed by atoms with E-state index >= 15 is 0 Å². The topological polar surface area (TPSA) is 38.7 Å². The van der Waals surface area contributed by atoms with Crippen molar-refractivity contribution in [2.45, 2.75) is 58.0 Å². The molecule has 0 radical (unpaired) electrons. The average Bonchev–Trinajstić information content (AvgIpc) is 2.42. The fourth-order valence-electron chi connectivity index (χ4n) is 1.50. The van der Waals surface area contributed by atoms with E-state index in [-0.39, 0.29) is 12.2 Å². The van der Waals surface area contributed by atoms with Crippen molar-refractivity contribution in [1.82, 2.24) is 0 Å². The minimum Gasteiger partial charge on any atom is -0.390 e. The second kappa shape index (κ2) is 4.40. The predicted octanol–water partition coefficient (Wildman–Crippen LogP) is 1.69. The van der Waals surface area contributed by atoms with Crippen molar-refractivity contribution in [3.05, 3.63) is 0 Å². The van der Waals surface area contributed by atoms with E-state index in [1.54, 1.807) is 0 Å². The van der Waals surface area contributed by atoms with Gasteiger partial charge < -0.3 is 14.6 Å². The van der Waals surface area contributed by atoms with E-state index in [1.807, 2.05) is 13.8 Å². The zero-order valence-corrected chi connectivity index (χ0v) is 8.75. The monoisotopic (exact) mass is 188 g/mol. The Bertz CT molecular complexity index is 156. The van der Waals surface area contributed by atoms with E-state index in [1.165, 1.54) is 0 Å². The Labute approximate surface area is 80.0 Å². The highest BCUT2D eigenvalue weighted by Crippen LogP contribution is 2.25. The minimum atomic E-state index is -0.516. The molecular formula is C10H20O3. The van der Waals surface area contributed by atoms with Gasteiger partial charge in [0.05, 0.1) is 12.7 Å². The smallest absolute Gasteiger partial charge is 0.163 e. The number of unbranched alkanes of at least 4 members (excludes halogenated alkanes) is 1. The van der Waals surface area contributed by atoms with Crippen LogP contribution in [-0.2, 0) is 9.47 Å². The van der Waals surface area contributed by atoms with E-state index in [4.69, 9.17) is 9.47 Å². The molecule has 3 heteroatoms. The lowest BCUT2D eigenvalue weighted by Gasteiger charge is -2.20. The first kappa shape index (κ1) is 11.0. The third-order valence-electron chi connectivity index (χ3n) is 2.31. The van der Waals surface area contributed by atoms with Gasteiger partial charge in [-0.25, -0.2) is 0 Å². The van der Waals surface area contributed by atoms with Gasteiger partial charge >= 0.3 is 0 Å². The molecule has 78 valence electrons. The van der Waals surface area contributed by atoms with Crippen molar-refractivity contribution < 1.29 is 14.6 Å². The van der Waals surface area contributed by atoms with Crippen molar-refractivity contribution in [2.75, 3.05) is 6.61 Å². The number of aliphatic hydroxyl groups is 1. The van der Waals surface area contributed by atoms with Gasteiger partial charge in [0.15, 0.2) is 5.79 Å². The van der Waals surface area contributed by atoms with Crippen LogP contribution >= 0.6 is 0 Å². The first-order chi connectivity index (χ1) is 6.05. The molecule has 0 aromatic heterocycles. The first-order valence-corrected chi connectivity index (χ1v) is 5.05. The Morgan fingerprint density at radius 2 is 2.23 bits per heavy atom. The number of hydrogen-bond acceptors (Lipinski definition) is 3. The molecular weight excluding hydrogens is 168 g/mol. The van der Waals surface area contributed by atoms with E-state index < -0.39 is 5.79 Å². The van der Waals surface area contributed by atoms with Gasteiger partial charge in [-0.1, -0.05) is 19.8 Å². The highest BCUT2D eigenvalue weighted by molar-refractivity contribution is 4.77. The Hall–Kier alpha value is -0.120. The molecule has 0 aliphatic carbocycles. The van der Waals surface area contributed by atoms with Crippen LogP contribution in [0.1, 0.15) is 40.0 Å². The molecule has 0 aromatic carbocycles. The average molecular weight is 188 g/mol. The molecule has 1 heterocycles. The molecule has 13 heavy (non-hydrogen) atoms. The third-order valence-corrected chi connectivity index (χ3v) is 2.31. The van der Waals surface area contributed by atoms with Crippen LogP contribution in [0.3, 0.4) is 0 Å². The minimum absolute atomic E-state index is 0.137. The summed E-state index contributed by atoms with van der Waals surface area (Å²) in [5.41, 5.74) is 0. The van der Waals surface area contributed by atoms with Gasteiger partial charge in [-0.05, 0) is 20.3 Å². The molecule has 0 unspecified atom stereocenters. The molecule has 0 spiro atoms. The van der Waals surface area contributed by atoms with Gasteiger partial charge in [0.2, 0.25) is 0 Å². The lowest BCUT2D eigenvalue weighted by atomic mass is 10.1. The highest BCUT2D eigenvalue weighted by atomic mass is 16.7. The van der Waals surface area contributed by atoms with Gasteiger partial charge in [-0.2, -0.15) is 0 Å². The number of hydrogen-bond donors (Lipinski definition) is 1. The summed E-state index contributed by atoms with van der Waals surface area (Å²) < 4.78 is 10.9. The summed E-state index contributed by atoms with van der Waals surface area (Å²) in [6.45, 7) is 6.37. The molecule has 0 bridgehead atoms. The molecule has 1 aliphatic heterocycles. The van der Waals surface area contributed by atoms with Gasteiger partial charge in [-0.3, -0.25) is 0 Å². The summed E-state index contributed by atoms with van der Waals surface area (Å²) in [7, 11) is 0. The molecule has 1 saturated heterocycles. The number of rotatable bonds is 4. The molecule has 2 atom stereocenters. The molecule has 0 amide bonds. The standard InChI is InChI=1S/C10H20O3/c1-4-5-6-8(11)9-7-12-10(2,3)13-9/h8-9,11H,4-7H2,1-3H3/t8-,9-/m1/s1. The second-order valence-electron chi connectivity index (χ2n) is 4.08. The van der Waals surface area contributed by atoms with Gasteiger partial charge in [0, 0.05) is 0 Å². The third kappa shape index (κ3) is 3.25. The van der Waals surface area contributed by atoms with Crippen LogP contribution in [0.5, 0.6) is 0 Å². The van der Waals surface area contributed by atoms with Gasteiger partial charge in [0.1, 0.15) is 6.10 Å². The highest BCUT2D eigenvalue weighted by Gasteiger charge is 2.36. The zero-order chi connectivity index (χ0) is 9.90. The van der Waals surface area contributed by atoms with Crippen LogP contribution in [-0.4, -0.2) is 29.7 Å². The molecule has 1 rings (SSSR count). The Morgan fingerprint density at radius 3 is 2.69 bits per heavy atom. The summed E-state index contributed by atoms with van der Waals surface area (Å²) in [4.78, 5) is 0. The fourth-order valence-corrected chi connectivity index (χ4v) is 1.50. The number of aliphatic hydroxyl groups excluding tert-OH is 1. The van der Waals surface area contributed by atoms with Crippen LogP contribution < -0.4 is 0 Å². The number of ether oxygens (including phenoxy) is 2. The Balaban J connectivity index is 2.29. The molecule has 3 nitrogen and oxygen atoms in total. The Kier molecular flexibility index (Phi) is 3.71. The van der Waals surface area contributed by atoms with Crippen LogP contribution in [0.15, 0.2) is 0 Å². The van der Waals surface area contributed by atoms with E-state index in [9.17, 15) is 5.11 Å². The first-order valence-electron chi connectivity index (χ1n) is 5.05. The maximum atomic E-state index is 9.71. The SMILES string of the molecule is CCCC[C@@H](O)[C@H]1COC(C)(C)O1. The normalized spacial score (nSPS) is 29.1. The van der Waals surface area contributed by atoms with Crippen LogP contribution in [0.4, 0.5) is 0 Å². The Morgan fingerprint density at radius 1 is 1.54 bits per heavy atom. The van der Waals surface area contributed by atoms with Crippen LogP contribution in [0.2, 0.25) is 0 Å². The molecule has 1 aliphatic rings. The van der Waals surface area contributed by atoms with Crippen molar-refractivity contribution in [2.24, 2.45) is 0 Å². The van der Waals surface area contributed by atoms with Crippen molar-refractivity contribution in [3.8, 4) is 0 Å². The maximum absolute atomic E-state index is 9.71. The fraction of sp³-hybridized carbons (Fsp3) is 1.00. The van der Waals surface area contributed by atoms with E-state index in [2.05, 4.69) is 6.92 Å². The molecule has 1 fully saturated rings. The van der Waals surface area contributed by atoms with Crippen molar-refractivity contribution in [1.29, 1.82) is 0 Å². The quantitative estimate of drug-likeness (QED) is 0.729. The summed E-state index contributed by atoms with van der Waals surface area (Å²) in [5.74, 6) is -0.516. The van der Waals surface area contributed by atoms with Crippen molar-refractivity contribution >= 4 is 0 Å². The lowest BCUT2D eigenvalue weighted by Crippen LogP contribution is -2.30. The van der Waals surface area contributed by atoms with E-state index in [0.717, 1.165) is 19.3 Å². The van der Waals surface area contributed by atoms with Crippen LogP contribution in [0.25, 0.3) is 0 Å². The molecule has 1 N–H and O–H groups in total.